The van der Waals surface area contributed by atoms with E-state index in [2.05, 4.69) is 10.6 Å². The second-order valence-electron chi connectivity index (χ2n) is 5.29. The Kier molecular flexibility index (Phi) is 5.16. The summed E-state index contributed by atoms with van der Waals surface area (Å²) in [6.07, 6.45) is 3.05. The average molecular weight is 292 g/mol. The van der Waals surface area contributed by atoms with Gasteiger partial charge in [-0.1, -0.05) is 25.0 Å². The third-order valence-electron chi connectivity index (χ3n) is 3.70. The first-order valence-corrected chi connectivity index (χ1v) is 7.11. The van der Waals surface area contributed by atoms with E-state index in [-0.39, 0.29) is 17.6 Å². The summed E-state index contributed by atoms with van der Waals surface area (Å²) in [6, 6.07) is 5.83. The Labute approximate surface area is 123 Å². The van der Waals surface area contributed by atoms with E-state index < -0.39 is 12.1 Å². The van der Waals surface area contributed by atoms with Crippen LogP contribution in [0, 0.1) is 0 Å². The minimum Gasteiger partial charge on any atom is -0.478 e. The molecule has 6 heteroatoms. The van der Waals surface area contributed by atoms with Crippen LogP contribution in [0.5, 0.6) is 0 Å². The standard InChI is InChI=1S/C15H20N2O4/c18-13-4-2-1-3-12(13)17-15(21)16-9-10-5-7-11(8-6-10)14(19)20/h5-8,12-13,18H,1-4,9H2,(H,19,20)(H2,16,17,21)/t12-,13-/m1/s1. The second-order valence-corrected chi connectivity index (χ2v) is 5.29. The zero-order valence-electron chi connectivity index (χ0n) is 11.7. The summed E-state index contributed by atoms with van der Waals surface area (Å²) in [5.74, 6) is -0.974. The quantitative estimate of drug-likeness (QED) is 0.675. The average Bonchev–Trinajstić information content (AvgIpc) is 2.48. The van der Waals surface area contributed by atoms with Crippen molar-refractivity contribution < 1.29 is 19.8 Å². The van der Waals surface area contributed by atoms with E-state index in [1.165, 1.54) is 12.1 Å². The Morgan fingerprint density at radius 3 is 2.43 bits per heavy atom. The van der Waals surface area contributed by atoms with Gasteiger partial charge < -0.3 is 20.8 Å². The molecule has 1 aromatic rings. The van der Waals surface area contributed by atoms with Crippen molar-refractivity contribution in [2.24, 2.45) is 0 Å². The van der Waals surface area contributed by atoms with Gasteiger partial charge in [0, 0.05) is 6.54 Å². The number of nitrogens with one attached hydrogen (secondary N) is 2. The van der Waals surface area contributed by atoms with Gasteiger partial charge in [0.1, 0.15) is 0 Å². The predicted octanol–water partition coefficient (Wildman–Crippen LogP) is 1.49. The number of carboxylic acids is 1. The second kappa shape index (κ2) is 7.08. The van der Waals surface area contributed by atoms with Crippen molar-refractivity contribution in [3.63, 3.8) is 0 Å². The molecule has 1 saturated carbocycles. The van der Waals surface area contributed by atoms with Gasteiger partial charge >= 0.3 is 12.0 Å². The summed E-state index contributed by atoms with van der Waals surface area (Å²) in [5.41, 5.74) is 1.04. The van der Waals surface area contributed by atoms with E-state index in [0.717, 1.165) is 31.2 Å². The van der Waals surface area contributed by atoms with Crippen LogP contribution >= 0.6 is 0 Å². The molecule has 0 aromatic heterocycles. The highest BCUT2D eigenvalue weighted by Gasteiger charge is 2.24. The lowest BCUT2D eigenvalue weighted by molar-refractivity contribution is 0.0697. The molecule has 1 aliphatic carbocycles. The Morgan fingerprint density at radius 2 is 1.81 bits per heavy atom. The van der Waals surface area contributed by atoms with E-state index in [4.69, 9.17) is 5.11 Å². The number of carbonyl (C=O) groups is 2. The number of rotatable bonds is 4. The van der Waals surface area contributed by atoms with Crippen LogP contribution in [0.15, 0.2) is 24.3 Å². The van der Waals surface area contributed by atoms with E-state index in [0.29, 0.717) is 6.54 Å². The summed E-state index contributed by atoms with van der Waals surface area (Å²) in [6.45, 7) is 0.314. The Morgan fingerprint density at radius 1 is 1.14 bits per heavy atom. The monoisotopic (exact) mass is 292 g/mol. The smallest absolute Gasteiger partial charge is 0.335 e. The van der Waals surface area contributed by atoms with E-state index in [1.54, 1.807) is 12.1 Å². The first kappa shape index (κ1) is 15.3. The first-order chi connectivity index (χ1) is 10.1. The number of benzene rings is 1. The van der Waals surface area contributed by atoms with Crippen LogP contribution in [0.2, 0.25) is 0 Å². The summed E-state index contributed by atoms with van der Waals surface area (Å²) in [4.78, 5) is 22.5. The highest BCUT2D eigenvalue weighted by atomic mass is 16.4. The van der Waals surface area contributed by atoms with Crippen molar-refractivity contribution in [2.45, 2.75) is 44.4 Å². The number of hydrogen-bond acceptors (Lipinski definition) is 3. The van der Waals surface area contributed by atoms with E-state index >= 15 is 0 Å². The zero-order valence-corrected chi connectivity index (χ0v) is 11.7. The summed E-state index contributed by atoms with van der Waals surface area (Å²) in [7, 11) is 0. The molecule has 6 nitrogen and oxygen atoms in total. The van der Waals surface area contributed by atoms with Crippen LogP contribution in [-0.4, -0.2) is 34.4 Å². The van der Waals surface area contributed by atoms with Crippen LogP contribution in [0.1, 0.15) is 41.6 Å². The van der Waals surface area contributed by atoms with Gasteiger partial charge in [0.15, 0.2) is 0 Å². The summed E-state index contributed by atoms with van der Waals surface area (Å²) >= 11 is 0. The molecule has 0 heterocycles. The predicted molar refractivity (Wildman–Crippen MR) is 77.0 cm³/mol. The molecule has 0 spiro atoms. The minimum absolute atomic E-state index is 0.187. The molecule has 21 heavy (non-hydrogen) atoms. The number of carboxylic acid groups (broad SMARTS) is 1. The maximum atomic E-state index is 11.8. The molecule has 114 valence electrons. The molecule has 1 aliphatic rings. The number of aliphatic hydroxyl groups excluding tert-OH is 1. The lowest BCUT2D eigenvalue weighted by atomic mass is 9.93. The van der Waals surface area contributed by atoms with Crippen LogP contribution in [-0.2, 0) is 6.54 Å². The van der Waals surface area contributed by atoms with Gasteiger partial charge in [-0.3, -0.25) is 0 Å². The van der Waals surface area contributed by atoms with Crippen molar-refractivity contribution in [1.82, 2.24) is 10.6 Å². The molecule has 0 bridgehead atoms. The minimum atomic E-state index is -0.974. The van der Waals surface area contributed by atoms with Crippen LogP contribution in [0.4, 0.5) is 4.79 Å². The Bertz CT molecular complexity index is 501. The zero-order chi connectivity index (χ0) is 15.2. The molecule has 1 fully saturated rings. The van der Waals surface area contributed by atoms with E-state index in [9.17, 15) is 14.7 Å². The summed E-state index contributed by atoms with van der Waals surface area (Å²) in [5, 5.41) is 24.1. The van der Waals surface area contributed by atoms with Crippen molar-refractivity contribution in [1.29, 1.82) is 0 Å². The highest BCUT2D eigenvalue weighted by molar-refractivity contribution is 5.87. The lowest BCUT2D eigenvalue weighted by Gasteiger charge is -2.28. The summed E-state index contributed by atoms with van der Waals surface area (Å²) < 4.78 is 0. The molecule has 4 N–H and O–H groups in total. The van der Waals surface area contributed by atoms with Gasteiger partial charge in [-0.15, -0.1) is 0 Å². The third kappa shape index (κ3) is 4.46. The van der Waals surface area contributed by atoms with E-state index in [1.807, 2.05) is 0 Å². The van der Waals surface area contributed by atoms with Crippen molar-refractivity contribution in [3.05, 3.63) is 35.4 Å². The molecule has 2 rings (SSSR count). The maximum Gasteiger partial charge on any atom is 0.335 e. The van der Waals surface area contributed by atoms with Gasteiger partial charge in [0.2, 0.25) is 0 Å². The molecule has 2 amide bonds. The fraction of sp³-hybridized carbons (Fsp3) is 0.467. The molecule has 0 saturated heterocycles. The fourth-order valence-corrected chi connectivity index (χ4v) is 2.45. The lowest BCUT2D eigenvalue weighted by Crippen LogP contribution is -2.48. The number of aromatic carboxylic acids is 1. The van der Waals surface area contributed by atoms with Crippen molar-refractivity contribution in [2.75, 3.05) is 0 Å². The molecule has 0 unspecified atom stereocenters. The SMILES string of the molecule is O=C(NCc1ccc(C(=O)O)cc1)N[C@@H]1CCCC[C@H]1O. The van der Waals surface area contributed by atoms with Crippen molar-refractivity contribution >= 4 is 12.0 Å². The Hall–Kier alpha value is -2.08. The van der Waals surface area contributed by atoms with Gasteiger partial charge in [-0.05, 0) is 30.5 Å². The van der Waals surface area contributed by atoms with Gasteiger partial charge in [-0.2, -0.15) is 0 Å². The number of amides is 2. The molecular formula is C15H20N2O4. The number of urea groups is 1. The third-order valence-corrected chi connectivity index (χ3v) is 3.70. The number of aliphatic hydroxyl groups is 1. The highest BCUT2D eigenvalue weighted by Crippen LogP contribution is 2.18. The van der Waals surface area contributed by atoms with Crippen LogP contribution < -0.4 is 10.6 Å². The normalized spacial score (nSPS) is 21.6. The van der Waals surface area contributed by atoms with Gasteiger partial charge in [-0.25, -0.2) is 9.59 Å². The van der Waals surface area contributed by atoms with Crippen LogP contribution in [0.25, 0.3) is 0 Å². The molecular weight excluding hydrogens is 272 g/mol. The molecule has 0 radical (unpaired) electrons. The maximum absolute atomic E-state index is 11.8. The first-order valence-electron chi connectivity index (χ1n) is 7.11. The Balaban J connectivity index is 1.79. The van der Waals surface area contributed by atoms with Gasteiger partial charge in [0.05, 0.1) is 17.7 Å². The number of carbonyl (C=O) groups excluding carboxylic acids is 1. The number of hydrogen-bond donors (Lipinski definition) is 4. The van der Waals surface area contributed by atoms with Gasteiger partial charge in [0.25, 0.3) is 0 Å². The molecule has 2 atom stereocenters. The topological polar surface area (TPSA) is 98.7 Å². The molecule has 1 aromatic carbocycles. The fourth-order valence-electron chi connectivity index (χ4n) is 2.45. The molecule has 0 aliphatic heterocycles. The van der Waals surface area contributed by atoms with Crippen molar-refractivity contribution in [3.8, 4) is 0 Å². The van der Waals surface area contributed by atoms with Crippen LogP contribution in [0.3, 0.4) is 0 Å². The largest absolute Gasteiger partial charge is 0.478 e.